The molecule has 2 aromatic rings. The van der Waals surface area contributed by atoms with E-state index < -0.39 is 17.8 Å². The Bertz CT molecular complexity index is 949. The smallest absolute Gasteiger partial charge is 0.298 e. The third-order valence-corrected chi connectivity index (χ3v) is 6.50. The lowest BCUT2D eigenvalue weighted by molar-refractivity contribution is -0.171. The van der Waals surface area contributed by atoms with Crippen LogP contribution in [0.4, 0.5) is 17.6 Å². The molecule has 2 fully saturated rings. The number of halogens is 4. The van der Waals surface area contributed by atoms with E-state index in [1.165, 1.54) is 30.5 Å². The summed E-state index contributed by atoms with van der Waals surface area (Å²) in [5.74, 6) is -2.49. The number of benzene rings is 2. The summed E-state index contributed by atoms with van der Waals surface area (Å²) < 4.78 is 54.5. The van der Waals surface area contributed by atoms with Gasteiger partial charge in [-0.2, -0.15) is 18.4 Å². The lowest BCUT2D eigenvalue weighted by atomic mass is 9.84. The Morgan fingerprint density at radius 1 is 0.906 bits per heavy atom. The standard InChI is InChI=1S/C25H27F4N3/c1-24(26,17-30)23(25(27,28)29)21-8-6-20(7-9-21)19-4-2-18(3-5-19)16-31-12-14-32(15-13-31)22-10-11-22/h2-9,22-23H,10-16H2,1H3. The van der Waals surface area contributed by atoms with E-state index in [1.54, 1.807) is 12.1 Å². The van der Waals surface area contributed by atoms with Crippen molar-refractivity contribution in [2.24, 2.45) is 0 Å². The number of piperazine rings is 1. The second-order valence-corrected chi connectivity index (χ2v) is 9.02. The van der Waals surface area contributed by atoms with Crippen LogP contribution in [0.15, 0.2) is 48.5 Å². The minimum absolute atomic E-state index is 0.255. The van der Waals surface area contributed by atoms with E-state index in [2.05, 4.69) is 9.80 Å². The Balaban J connectivity index is 1.41. The lowest BCUT2D eigenvalue weighted by Gasteiger charge is -2.34. The molecular formula is C25H27F4N3. The van der Waals surface area contributed by atoms with Gasteiger partial charge >= 0.3 is 6.18 Å². The average Bonchev–Trinajstić information content (AvgIpc) is 3.60. The molecule has 170 valence electrons. The van der Waals surface area contributed by atoms with Crippen LogP contribution in [0.2, 0.25) is 0 Å². The Kier molecular flexibility index (Phi) is 6.28. The van der Waals surface area contributed by atoms with E-state index in [4.69, 9.17) is 5.26 Å². The van der Waals surface area contributed by atoms with Gasteiger partial charge in [0.2, 0.25) is 5.67 Å². The molecule has 32 heavy (non-hydrogen) atoms. The van der Waals surface area contributed by atoms with Gasteiger partial charge in [0, 0.05) is 38.8 Å². The van der Waals surface area contributed by atoms with Crippen molar-refractivity contribution in [1.82, 2.24) is 9.80 Å². The summed E-state index contributed by atoms with van der Waals surface area (Å²) in [6.45, 7) is 5.93. The summed E-state index contributed by atoms with van der Waals surface area (Å²) in [5.41, 5.74) is -0.465. The van der Waals surface area contributed by atoms with E-state index in [-0.39, 0.29) is 5.56 Å². The second kappa shape index (κ2) is 8.84. The SMILES string of the molecule is CC(F)(C#N)C(c1ccc(-c2ccc(CN3CCN(C4CC4)CC3)cc2)cc1)C(F)(F)F. The molecule has 0 spiro atoms. The molecule has 1 aliphatic carbocycles. The average molecular weight is 446 g/mol. The molecule has 2 unspecified atom stereocenters. The molecule has 0 aromatic heterocycles. The summed E-state index contributed by atoms with van der Waals surface area (Å²) in [6.07, 6.45) is -2.18. The van der Waals surface area contributed by atoms with Crippen molar-refractivity contribution < 1.29 is 17.6 Å². The highest BCUT2D eigenvalue weighted by Gasteiger charge is 2.53. The van der Waals surface area contributed by atoms with Gasteiger partial charge in [-0.3, -0.25) is 9.80 Å². The second-order valence-electron chi connectivity index (χ2n) is 9.02. The fraction of sp³-hybridized carbons (Fsp3) is 0.480. The first-order chi connectivity index (χ1) is 15.2. The molecule has 2 aliphatic rings. The highest BCUT2D eigenvalue weighted by atomic mass is 19.4. The van der Waals surface area contributed by atoms with Crippen molar-refractivity contribution in [2.75, 3.05) is 26.2 Å². The van der Waals surface area contributed by atoms with Crippen LogP contribution in [0.1, 0.15) is 36.8 Å². The van der Waals surface area contributed by atoms with Crippen LogP contribution in [-0.2, 0) is 6.54 Å². The first kappa shape index (κ1) is 22.8. The molecule has 0 N–H and O–H groups in total. The summed E-state index contributed by atoms with van der Waals surface area (Å²) in [5, 5.41) is 8.87. The van der Waals surface area contributed by atoms with Gasteiger partial charge in [0.25, 0.3) is 0 Å². The van der Waals surface area contributed by atoms with Crippen LogP contribution >= 0.6 is 0 Å². The summed E-state index contributed by atoms with van der Waals surface area (Å²) >= 11 is 0. The molecule has 7 heteroatoms. The van der Waals surface area contributed by atoms with Crippen molar-refractivity contribution in [2.45, 2.75) is 50.1 Å². The van der Waals surface area contributed by atoms with Crippen molar-refractivity contribution in [1.29, 1.82) is 5.26 Å². The highest BCUT2D eigenvalue weighted by Crippen LogP contribution is 2.44. The van der Waals surface area contributed by atoms with Crippen molar-refractivity contribution in [3.63, 3.8) is 0 Å². The summed E-state index contributed by atoms with van der Waals surface area (Å²) in [4.78, 5) is 5.03. The van der Waals surface area contributed by atoms with E-state index in [9.17, 15) is 17.6 Å². The lowest BCUT2D eigenvalue weighted by Crippen LogP contribution is -2.46. The molecule has 4 rings (SSSR count). The fourth-order valence-corrected chi connectivity index (χ4v) is 4.53. The Labute approximate surface area is 186 Å². The van der Waals surface area contributed by atoms with Gasteiger partial charge < -0.3 is 0 Å². The van der Waals surface area contributed by atoms with E-state index in [0.717, 1.165) is 56.0 Å². The van der Waals surface area contributed by atoms with Crippen molar-refractivity contribution in [3.8, 4) is 17.2 Å². The topological polar surface area (TPSA) is 30.3 Å². The van der Waals surface area contributed by atoms with Crippen LogP contribution < -0.4 is 0 Å². The van der Waals surface area contributed by atoms with Gasteiger partial charge in [-0.15, -0.1) is 0 Å². The highest BCUT2D eigenvalue weighted by molar-refractivity contribution is 5.64. The minimum Gasteiger partial charge on any atom is -0.298 e. The first-order valence-corrected chi connectivity index (χ1v) is 11.0. The maximum absolute atomic E-state index is 14.3. The van der Waals surface area contributed by atoms with Gasteiger partial charge in [-0.25, -0.2) is 4.39 Å². The minimum atomic E-state index is -4.85. The number of hydrogen-bond acceptors (Lipinski definition) is 3. The first-order valence-electron chi connectivity index (χ1n) is 11.0. The maximum atomic E-state index is 14.3. The zero-order chi connectivity index (χ0) is 22.9. The fourth-order valence-electron chi connectivity index (χ4n) is 4.53. The molecule has 1 saturated heterocycles. The summed E-state index contributed by atoms with van der Waals surface area (Å²) in [7, 11) is 0. The molecular weight excluding hydrogens is 418 g/mol. The molecule has 0 bridgehead atoms. The molecule has 2 aromatic carbocycles. The quantitative estimate of drug-likeness (QED) is 0.548. The number of rotatable bonds is 6. The normalized spacial score (nSPS) is 21.0. The molecule has 3 nitrogen and oxygen atoms in total. The van der Waals surface area contributed by atoms with Crippen LogP contribution in [0.3, 0.4) is 0 Å². The van der Waals surface area contributed by atoms with E-state index >= 15 is 0 Å². The maximum Gasteiger partial charge on any atom is 0.399 e. The number of alkyl halides is 4. The van der Waals surface area contributed by atoms with E-state index in [1.807, 2.05) is 24.3 Å². The zero-order valence-corrected chi connectivity index (χ0v) is 18.1. The summed E-state index contributed by atoms with van der Waals surface area (Å²) in [6, 6.07) is 15.6. The number of nitrogens with zero attached hydrogens (tertiary/aromatic N) is 3. The predicted octanol–water partition coefficient (Wildman–Crippen LogP) is 5.53. The number of hydrogen-bond donors (Lipinski definition) is 0. The molecule has 2 atom stereocenters. The molecule has 1 heterocycles. The zero-order valence-electron chi connectivity index (χ0n) is 18.1. The largest absolute Gasteiger partial charge is 0.399 e. The van der Waals surface area contributed by atoms with Gasteiger partial charge in [0.05, 0.1) is 0 Å². The Morgan fingerprint density at radius 3 is 1.91 bits per heavy atom. The van der Waals surface area contributed by atoms with Gasteiger partial charge in [0.1, 0.15) is 12.0 Å². The van der Waals surface area contributed by atoms with Gasteiger partial charge in [-0.1, -0.05) is 48.5 Å². The van der Waals surface area contributed by atoms with Crippen LogP contribution in [0.25, 0.3) is 11.1 Å². The monoisotopic (exact) mass is 445 g/mol. The van der Waals surface area contributed by atoms with Crippen molar-refractivity contribution in [3.05, 3.63) is 59.7 Å². The predicted molar refractivity (Wildman–Crippen MR) is 116 cm³/mol. The van der Waals surface area contributed by atoms with Crippen LogP contribution in [0, 0.1) is 11.3 Å². The molecule has 0 radical (unpaired) electrons. The van der Waals surface area contributed by atoms with Crippen LogP contribution in [0.5, 0.6) is 0 Å². The molecule has 1 saturated carbocycles. The van der Waals surface area contributed by atoms with Crippen molar-refractivity contribution >= 4 is 0 Å². The van der Waals surface area contributed by atoms with Crippen LogP contribution in [-0.4, -0.2) is 53.9 Å². The Morgan fingerprint density at radius 2 is 1.44 bits per heavy atom. The van der Waals surface area contributed by atoms with Gasteiger partial charge in [0.15, 0.2) is 0 Å². The third kappa shape index (κ3) is 5.13. The molecule has 1 aliphatic heterocycles. The Hall–Kier alpha value is -2.43. The van der Waals surface area contributed by atoms with Gasteiger partial charge in [-0.05, 0) is 42.0 Å². The molecule has 0 amide bonds. The van der Waals surface area contributed by atoms with E-state index in [0.29, 0.717) is 6.92 Å². The third-order valence-electron chi connectivity index (χ3n) is 6.50. The number of nitriles is 1.